The molecular weight excluding hydrogens is 325 g/mol. The maximum absolute atomic E-state index is 13.8. The Morgan fingerprint density at radius 1 is 1.40 bits per heavy atom. The van der Waals surface area contributed by atoms with Gasteiger partial charge in [-0.05, 0) is 18.2 Å². The van der Waals surface area contributed by atoms with E-state index in [0.717, 1.165) is 4.47 Å². The molecular formula is C13H11BrFN5. The third kappa shape index (κ3) is 3.22. The normalized spacial score (nSPS) is 9.90. The van der Waals surface area contributed by atoms with Gasteiger partial charge in [-0.25, -0.2) is 14.4 Å². The van der Waals surface area contributed by atoms with Crippen LogP contribution in [-0.4, -0.2) is 23.6 Å². The lowest BCUT2D eigenvalue weighted by atomic mass is 10.3. The molecule has 7 heteroatoms. The van der Waals surface area contributed by atoms with Crippen LogP contribution >= 0.6 is 15.9 Å². The Morgan fingerprint density at radius 2 is 2.20 bits per heavy atom. The molecule has 0 unspecified atom stereocenters. The van der Waals surface area contributed by atoms with E-state index in [4.69, 9.17) is 5.26 Å². The molecule has 0 spiro atoms. The highest BCUT2D eigenvalue weighted by molar-refractivity contribution is 9.10. The lowest BCUT2D eigenvalue weighted by molar-refractivity contribution is 0.627. The van der Waals surface area contributed by atoms with Crippen molar-refractivity contribution in [2.45, 2.75) is 0 Å². The number of nitrogens with zero attached hydrogens (tertiary/aromatic N) is 4. The van der Waals surface area contributed by atoms with Gasteiger partial charge in [-0.3, -0.25) is 0 Å². The summed E-state index contributed by atoms with van der Waals surface area (Å²) in [6.07, 6.45) is 1.36. The Hall–Kier alpha value is -2.20. The molecule has 0 bridgehead atoms. The van der Waals surface area contributed by atoms with Gasteiger partial charge >= 0.3 is 0 Å². The minimum atomic E-state index is -0.346. The molecule has 0 amide bonds. The van der Waals surface area contributed by atoms with Gasteiger partial charge in [0.15, 0.2) is 0 Å². The molecule has 1 heterocycles. The maximum atomic E-state index is 13.8. The first-order chi connectivity index (χ1) is 9.61. The fourth-order valence-corrected chi connectivity index (χ4v) is 1.97. The zero-order valence-corrected chi connectivity index (χ0v) is 12.2. The summed E-state index contributed by atoms with van der Waals surface area (Å²) in [7, 11) is 1.71. The molecule has 0 aliphatic heterocycles. The predicted molar refractivity (Wildman–Crippen MR) is 78.3 cm³/mol. The Balaban J connectivity index is 2.31. The number of anilines is 3. The molecule has 20 heavy (non-hydrogen) atoms. The highest BCUT2D eigenvalue weighted by Crippen LogP contribution is 2.28. The number of hydrogen-bond donors (Lipinski definition) is 1. The SMILES string of the molecule is CN(c1cc(NCC#N)ncn1)c1cc(Br)ccc1F. The number of halogens is 2. The molecule has 102 valence electrons. The summed E-state index contributed by atoms with van der Waals surface area (Å²) in [4.78, 5) is 9.70. The average molecular weight is 336 g/mol. The zero-order chi connectivity index (χ0) is 14.5. The molecule has 0 fully saturated rings. The standard InChI is InChI=1S/C13H11BrFN5/c1-20(11-6-9(14)2-3-10(11)15)13-7-12(17-5-4-16)18-8-19-13/h2-3,6-8H,5H2,1H3,(H,17,18,19). The molecule has 0 atom stereocenters. The Morgan fingerprint density at radius 3 is 2.95 bits per heavy atom. The summed E-state index contributed by atoms with van der Waals surface area (Å²) in [6, 6.07) is 8.29. The number of nitriles is 1. The molecule has 0 aliphatic carbocycles. The fraction of sp³-hybridized carbons (Fsp3) is 0.154. The number of hydrogen-bond acceptors (Lipinski definition) is 5. The van der Waals surface area contributed by atoms with Crippen LogP contribution in [0.25, 0.3) is 0 Å². The molecule has 0 aliphatic rings. The van der Waals surface area contributed by atoms with Crippen molar-refractivity contribution in [3.05, 3.63) is 40.9 Å². The second-order valence-corrected chi connectivity index (χ2v) is 4.84. The van der Waals surface area contributed by atoms with E-state index in [9.17, 15) is 4.39 Å². The van der Waals surface area contributed by atoms with E-state index in [1.165, 1.54) is 12.4 Å². The first kappa shape index (κ1) is 14.2. The van der Waals surface area contributed by atoms with E-state index >= 15 is 0 Å². The van der Waals surface area contributed by atoms with Crippen LogP contribution in [0.15, 0.2) is 35.1 Å². The topological polar surface area (TPSA) is 64.8 Å². The lowest BCUT2D eigenvalue weighted by Gasteiger charge is -2.19. The van der Waals surface area contributed by atoms with Crippen LogP contribution in [0, 0.1) is 17.1 Å². The van der Waals surface area contributed by atoms with Crippen LogP contribution < -0.4 is 10.2 Å². The van der Waals surface area contributed by atoms with Gasteiger partial charge in [0.1, 0.15) is 30.3 Å². The van der Waals surface area contributed by atoms with Crippen molar-refractivity contribution in [2.75, 3.05) is 23.8 Å². The van der Waals surface area contributed by atoms with Crippen LogP contribution in [0.5, 0.6) is 0 Å². The molecule has 1 aromatic heterocycles. The number of nitrogens with one attached hydrogen (secondary N) is 1. The third-order valence-corrected chi connectivity index (χ3v) is 3.11. The van der Waals surface area contributed by atoms with Crippen LogP contribution in [0.2, 0.25) is 0 Å². The van der Waals surface area contributed by atoms with Crippen LogP contribution in [0.4, 0.5) is 21.7 Å². The highest BCUT2D eigenvalue weighted by atomic mass is 79.9. The van der Waals surface area contributed by atoms with E-state index in [1.54, 1.807) is 30.1 Å². The van der Waals surface area contributed by atoms with Crippen molar-refractivity contribution >= 4 is 33.3 Å². The minimum Gasteiger partial charge on any atom is -0.357 e. The molecule has 1 aromatic carbocycles. The quantitative estimate of drug-likeness (QED) is 0.870. The van der Waals surface area contributed by atoms with Crippen molar-refractivity contribution in [2.24, 2.45) is 0 Å². The van der Waals surface area contributed by atoms with E-state index in [1.807, 2.05) is 6.07 Å². The van der Waals surface area contributed by atoms with Crippen molar-refractivity contribution in [3.8, 4) is 6.07 Å². The average Bonchev–Trinajstić information content (AvgIpc) is 2.47. The Kier molecular flexibility index (Phi) is 4.48. The van der Waals surface area contributed by atoms with Gasteiger partial charge in [0.2, 0.25) is 0 Å². The van der Waals surface area contributed by atoms with Gasteiger partial charge in [-0.15, -0.1) is 0 Å². The molecule has 1 N–H and O–H groups in total. The summed E-state index contributed by atoms with van der Waals surface area (Å²) in [5, 5.41) is 11.4. The molecule has 5 nitrogen and oxygen atoms in total. The zero-order valence-electron chi connectivity index (χ0n) is 10.6. The van der Waals surface area contributed by atoms with Crippen molar-refractivity contribution in [1.29, 1.82) is 5.26 Å². The van der Waals surface area contributed by atoms with Crippen molar-refractivity contribution in [3.63, 3.8) is 0 Å². The van der Waals surface area contributed by atoms with Crippen LogP contribution in [-0.2, 0) is 0 Å². The summed E-state index contributed by atoms with van der Waals surface area (Å²) in [6.45, 7) is 0.144. The summed E-state index contributed by atoms with van der Waals surface area (Å²) in [5.74, 6) is 0.692. The second kappa shape index (κ2) is 6.30. The second-order valence-electron chi connectivity index (χ2n) is 3.93. The Labute approximate surface area is 124 Å². The van der Waals surface area contributed by atoms with E-state index in [-0.39, 0.29) is 12.4 Å². The van der Waals surface area contributed by atoms with Gasteiger partial charge in [0.05, 0.1) is 11.8 Å². The van der Waals surface area contributed by atoms with Crippen LogP contribution in [0.3, 0.4) is 0 Å². The molecule has 0 saturated heterocycles. The molecule has 2 rings (SSSR count). The Bertz CT molecular complexity index is 655. The molecule has 2 aromatic rings. The predicted octanol–water partition coefficient (Wildman–Crippen LogP) is 3.08. The fourth-order valence-electron chi connectivity index (χ4n) is 1.62. The molecule has 0 radical (unpaired) electrons. The summed E-state index contributed by atoms with van der Waals surface area (Å²) >= 11 is 3.31. The van der Waals surface area contributed by atoms with Gasteiger partial charge < -0.3 is 10.2 Å². The van der Waals surface area contributed by atoms with Gasteiger partial charge in [0.25, 0.3) is 0 Å². The van der Waals surface area contributed by atoms with Crippen molar-refractivity contribution < 1.29 is 4.39 Å². The summed E-state index contributed by atoms with van der Waals surface area (Å²) < 4.78 is 14.6. The number of aromatic nitrogens is 2. The lowest BCUT2D eigenvalue weighted by Crippen LogP contribution is -2.14. The summed E-state index contributed by atoms with van der Waals surface area (Å²) in [5.41, 5.74) is 0.393. The maximum Gasteiger partial charge on any atom is 0.146 e. The molecule has 0 saturated carbocycles. The first-order valence-corrected chi connectivity index (χ1v) is 6.53. The van der Waals surface area contributed by atoms with Crippen molar-refractivity contribution in [1.82, 2.24) is 9.97 Å². The van der Waals surface area contributed by atoms with Gasteiger partial charge in [-0.1, -0.05) is 15.9 Å². The number of rotatable bonds is 4. The minimum absolute atomic E-state index is 0.144. The smallest absolute Gasteiger partial charge is 0.146 e. The van der Waals surface area contributed by atoms with Gasteiger partial charge in [0, 0.05) is 17.6 Å². The van der Waals surface area contributed by atoms with E-state index in [0.29, 0.717) is 17.3 Å². The first-order valence-electron chi connectivity index (χ1n) is 5.73. The highest BCUT2D eigenvalue weighted by Gasteiger charge is 2.12. The largest absolute Gasteiger partial charge is 0.357 e. The van der Waals surface area contributed by atoms with Crippen LogP contribution in [0.1, 0.15) is 0 Å². The van der Waals surface area contributed by atoms with E-state index in [2.05, 4.69) is 31.2 Å². The van der Waals surface area contributed by atoms with Gasteiger partial charge in [-0.2, -0.15) is 5.26 Å². The monoisotopic (exact) mass is 335 g/mol. The number of benzene rings is 1. The van der Waals surface area contributed by atoms with E-state index < -0.39 is 0 Å². The third-order valence-electron chi connectivity index (χ3n) is 2.61.